The normalized spacial score (nSPS) is 19.1. The van der Waals surface area contributed by atoms with Crippen molar-refractivity contribution < 1.29 is 4.39 Å². The van der Waals surface area contributed by atoms with Crippen LogP contribution in [-0.2, 0) is 0 Å². The molecule has 170 valence electrons. The van der Waals surface area contributed by atoms with Crippen molar-refractivity contribution in [2.24, 2.45) is 5.41 Å². The van der Waals surface area contributed by atoms with Crippen LogP contribution in [0.1, 0.15) is 31.2 Å². The lowest BCUT2D eigenvalue weighted by Crippen LogP contribution is -2.46. The molecule has 2 aliphatic rings. The van der Waals surface area contributed by atoms with Crippen LogP contribution in [0.4, 0.5) is 10.1 Å². The fraction of sp³-hybridized carbons (Fsp3) is 0.423. The number of pyridine rings is 1. The Morgan fingerprint density at radius 1 is 0.939 bits per heavy atom. The number of aromatic nitrogens is 4. The third kappa shape index (κ3) is 3.55. The molecule has 1 spiro atoms. The molecule has 5 heterocycles. The van der Waals surface area contributed by atoms with E-state index in [9.17, 15) is 4.39 Å². The first-order valence-electron chi connectivity index (χ1n) is 11.8. The van der Waals surface area contributed by atoms with E-state index in [0.717, 1.165) is 40.9 Å². The van der Waals surface area contributed by atoms with Crippen LogP contribution in [-0.4, -0.2) is 57.7 Å². The van der Waals surface area contributed by atoms with Crippen LogP contribution in [0.25, 0.3) is 27.7 Å². The summed E-state index contributed by atoms with van der Waals surface area (Å²) >= 11 is 0. The standard InChI is InChI=1S/C26H29FN6/c1-18-13-21-20(3-8-28-24(21)14-23(18)27)22-16-30-33-17-19(15-29-25(22)33)32-11-6-26(7-12-32)4-9-31(2)10-5-26/h3,8,13-17H,4-7,9-12H2,1-2H3. The van der Waals surface area contributed by atoms with Crippen molar-refractivity contribution in [1.82, 2.24) is 24.5 Å². The van der Waals surface area contributed by atoms with Crippen molar-refractivity contribution in [3.63, 3.8) is 0 Å². The number of piperidine rings is 2. The van der Waals surface area contributed by atoms with Crippen LogP contribution in [0.2, 0.25) is 0 Å². The van der Waals surface area contributed by atoms with Gasteiger partial charge in [-0.25, -0.2) is 13.9 Å². The highest BCUT2D eigenvalue weighted by atomic mass is 19.1. The molecule has 6 rings (SSSR count). The Bertz CT molecular complexity index is 1330. The second kappa shape index (κ2) is 7.76. The fourth-order valence-electron chi connectivity index (χ4n) is 5.56. The quantitative estimate of drug-likeness (QED) is 0.448. The zero-order chi connectivity index (χ0) is 22.6. The van der Waals surface area contributed by atoms with Crippen molar-refractivity contribution in [3.8, 4) is 11.1 Å². The molecule has 2 fully saturated rings. The zero-order valence-corrected chi connectivity index (χ0v) is 19.3. The van der Waals surface area contributed by atoms with Gasteiger partial charge in [-0.1, -0.05) is 0 Å². The molecular formula is C26H29FN6. The van der Waals surface area contributed by atoms with Crippen LogP contribution in [0, 0.1) is 18.2 Å². The molecule has 0 bridgehead atoms. The minimum atomic E-state index is -0.238. The van der Waals surface area contributed by atoms with Crippen LogP contribution in [0.3, 0.4) is 0 Å². The van der Waals surface area contributed by atoms with Crippen LogP contribution in [0.15, 0.2) is 43.0 Å². The number of nitrogens with zero attached hydrogens (tertiary/aromatic N) is 6. The molecule has 0 aliphatic carbocycles. The molecule has 1 aromatic carbocycles. The average molecular weight is 445 g/mol. The highest BCUT2D eigenvalue weighted by molar-refractivity contribution is 5.98. The van der Waals surface area contributed by atoms with E-state index in [2.05, 4.69) is 33.1 Å². The summed E-state index contributed by atoms with van der Waals surface area (Å²) in [4.78, 5) is 14.1. The first-order valence-corrected chi connectivity index (χ1v) is 11.8. The summed E-state index contributed by atoms with van der Waals surface area (Å²) in [5, 5.41) is 5.53. The summed E-state index contributed by atoms with van der Waals surface area (Å²) in [5.41, 5.74) is 5.61. The summed E-state index contributed by atoms with van der Waals surface area (Å²) in [6.07, 6.45) is 12.8. The molecule has 4 aromatic rings. The van der Waals surface area contributed by atoms with Gasteiger partial charge in [0.2, 0.25) is 0 Å². The van der Waals surface area contributed by atoms with Crippen molar-refractivity contribution in [3.05, 3.63) is 54.4 Å². The molecule has 0 amide bonds. The average Bonchev–Trinajstić information content (AvgIpc) is 3.25. The van der Waals surface area contributed by atoms with Crippen molar-refractivity contribution in [2.45, 2.75) is 32.6 Å². The minimum Gasteiger partial charge on any atom is -0.369 e. The van der Waals surface area contributed by atoms with Gasteiger partial charge in [0.25, 0.3) is 0 Å². The predicted molar refractivity (Wildman–Crippen MR) is 129 cm³/mol. The van der Waals surface area contributed by atoms with Gasteiger partial charge >= 0.3 is 0 Å². The van der Waals surface area contributed by atoms with E-state index in [0.29, 0.717) is 16.5 Å². The first kappa shape index (κ1) is 20.5. The predicted octanol–water partition coefficient (Wildman–Crippen LogP) is 4.70. The summed E-state index contributed by atoms with van der Waals surface area (Å²) < 4.78 is 15.9. The number of anilines is 1. The summed E-state index contributed by atoms with van der Waals surface area (Å²) in [6.45, 7) is 6.37. The number of hydrogen-bond acceptors (Lipinski definition) is 5. The Kier molecular flexibility index (Phi) is 4.83. The zero-order valence-electron chi connectivity index (χ0n) is 19.3. The molecule has 2 aliphatic heterocycles. The summed E-state index contributed by atoms with van der Waals surface area (Å²) in [5.74, 6) is -0.238. The second-order valence-electron chi connectivity index (χ2n) is 9.91. The number of benzene rings is 1. The Hall–Kier alpha value is -3.06. The lowest BCUT2D eigenvalue weighted by atomic mass is 9.71. The third-order valence-electron chi connectivity index (χ3n) is 7.89. The molecular weight excluding hydrogens is 415 g/mol. The molecule has 7 heteroatoms. The molecule has 0 unspecified atom stereocenters. The topological polar surface area (TPSA) is 49.6 Å². The molecule has 2 saturated heterocycles. The fourth-order valence-corrected chi connectivity index (χ4v) is 5.56. The molecule has 0 N–H and O–H groups in total. The maximum Gasteiger partial charge on any atom is 0.162 e. The van der Waals surface area contributed by atoms with Crippen LogP contribution >= 0.6 is 0 Å². The van der Waals surface area contributed by atoms with E-state index >= 15 is 0 Å². The van der Waals surface area contributed by atoms with Gasteiger partial charge in [0.1, 0.15) is 5.82 Å². The molecule has 33 heavy (non-hydrogen) atoms. The van der Waals surface area contributed by atoms with E-state index < -0.39 is 0 Å². The smallest absolute Gasteiger partial charge is 0.162 e. The summed E-state index contributed by atoms with van der Waals surface area (Å²) in [6, 6.07) is 5.31. The van der Waals surface area contributed by atoms with Crippen molar-refractivity contribution in [1.29, 1.82) is 0 Å². The number of likely N-dealkylation sites (tertiary alicyclic amines) is 1. The Balaban J connectivity index is 1.29. The van der Waals surface area contributed by atoms with Gasteiger partial charge in [-0.3, -0.25) is 4.98 Å². The number of rotatable bonds is 2. The maximum absolute atomic E-state index is 14.1. The lowest BCUT2D eigenvalue weighted by Gasteiger charge is -2.46. The molecule has 3 aromatic heterocycles. The second-order valence-corrected chi connectivity index (χ2v) is 9.91. The first-order chi connectivity index (χ1) is 16.0. The van der Waals surface area contributed by atoms with Gasteiger partial charge in [-0.15, -0.1) is 0 Å². The number of fused-ring (bicyclic) bond motifs is 2. The number of aryl methyl sites for hydroxylation is 1. The number of halogens is 1. The SMILES string of the molecule is Cc1cc2c(-c3cnn4cc(N5CCC6(CCN(C)CC6)CC5)cnc34)ccnc2cc1F. The lowest BCUT2D eigenvalue weighted by molar-refractivity contribution is 0.0944. The van der Waals surface area contributed by atoms with E-state index in [4.69, 9.17) is 4.98 Å². The van der Waals surface area contributed by atoms with Gasteiger partial charge in [-0.05, 0) is 81.4 Å². The van der Waals surface area contributed by atoms with Gasteiger partial charge < -0.3 is 9.80 Å². The van der Waals surface area contributed by atoms with E-state index in [1.807, 2.05) is 29.0 Å². The van der Waals surface area contributed by atoms with Crippen LogP contribution < -0.4 is 4.90 Å². The molecule has 6 nitrogen and oxygen atoms in total. The van der Waals surface area contributed by atoms with Gasteiger partial charge in [0, 0.05) is 36.3 Å². The Morgan fingerprint density at radius 2 is 1.70 bits per heavy atom. The monoisotopic (exact) mass is 444 g/mol. The van der Waals surface area contributed by atoms with Crippen molar-refractivity contribution >= 4 is 22.2 Å². The van der Waals surface area contributed by atoms with Crippen LogP contribution in [0.5, 0.6) is 0 Å². The third-order valence-corrected chi connectivity index (χ3v) is 7.89. The van der Waals surface area contributed by atoms with Crippen molar-refractivity contribution in [2.75, 3.05) is 38.1 Å². The van der Waals surface area contributed by atoms with Gasteiger partial charge in [-0.2, -0.15) is 5.10 Å². The maximum atomic E-state index is 14.1. The molecule has 0 atom stereocenters. The number of hydrogen-bond donors (Lipinski definition) is 0. The van der Waals surface area contributed by atoms with Gasteiger partial charge in [0.05, 0.1) is 29.8 Å². The molecule has 0 radical (unpaired) electrons. The highest BCUT2D eigenvalue weighted by Gasteiger charge is 2.37. The van der Waals surface area contributed by atoms with E-state index in [-0.39, 0.29) is 5.82 Å². The highest BCUT2D eigenvalue weighted by Crippen LogP contribution is 2.42. The Morgan fingerprint density at radius 3 is 2.48 bits per heavy atom. The molecule has 0 saturated carbocycles. The summed E-state index contributed by atoms with van der Waals surface area (Å²) in [7, 11) is 2.23. The van der Waals surface area contributed by atoms with E-state index in [1.165, 1.54) is 44.8 Å². The minimum absolute atomic E-state index is 0.238. The van der Waals surface area contributed by atoms with Gasteiger partial charge in [0.15, 0.2) is 5.65 Å². The van der Waals surface area contributed by atoms with E-state index in [1.54, 1.807) is 13.1 Å². The largest absolute Gasteiger partial charge is 0.369 e. The Labute approximate surface area is 193 Å².